The predicted octanol–water partition coefficient (Wildman–Crippen LogP) is 1.62. The van der Waals surface area contributed by atoms with Crippen molar-refractivity contribution in [3.8, 4) is 11.6 Å². The average molecular weight is 278 g/mol. The quantitative estimate of drug-likeness (QED) is 0.907. The largest absolute Gasteiger partial charge is 0.484 e. The highest BCUT2D eigenvalue weighted by atomic mass is 16.6. The third-order valence-corrected chi connectivity index (χ3v) is 4.04. The van der Waals surface area contributed by atoms with Gasteiger partial charge in [-0.3, -0.25) is 0 Å². The molecule has 0 amide bonds. The standard InChI is InChI=1S/C15H22N2O3/c1-11(10-17-4-2-3-5-17)14(18)12-8-13-15(16-9-12)20-7-6-19-13/h8-9,11,14,18H,2-7,10H2,1H3/t11-,14+/m1/s1. The topological polar surface area (TPSA) is 54.8 Å². The van der Waals surface area contributed by atoms with Gasteiger partial charge in [-0.1, -0.05) is 6.92 Å². The molecule has 0 aromatic carbocycles. The first-order valence-corrected chi connectivity index (χ1v) is 7.40. The van der Waals surface area contributed by atoms with E-state index in [-0.39, 0.29) is 5.92 Å². The molecule has 1 fully saturated rings. The molecule has 3 rings (SSSR count). The monoisotopic (exact) mass is 278 g/mol. The SMILES string of the molecule is C[C@H](CN1CCCC1)[C@H](O)c1cnc2c(c1)OCCO2. The number of nitrogens with zero attached hydrogens (tertiary/aromatic N) is 2. The predicted molar refractivity (Wildman–Crippen MR) is 75.0 cm³/mol. The Morgan fingerprint density at radius 2 is 2.05 bits per heavy atom. The zero-order valence-corrected chi connectivity index (χ0v) is 11.9. The maximum atomic E-state index is 10.5. The molecule has 0 bridgehead atoms. The van der Waals surface area contributed by atoms with Gasteiger partial charge in [0.2, 0.25) is 0 Å². The second-order valence-corrected chi connectivity index (χ2v) is 5.70. The first kappa shape index (κ1) is 13.6. The van der Waals surface area contributed by atoms with Gasteiger partial charge >= 0.3 is 0 Å². The molecule has 2 atom stereocenters. The minimum Gasteiger partial charge on any atom is -0.484 e. The lowest BCUT2D eigenvalue weighted by Gasteiger charge is -2.25. The number of aliphatic hydroxyl groups excluding tert-OH is 1. The second-order valence-electron chi connectivity index (χ2n) is 5.70. The van der Waals surface area contributed by atoms with Crippen LogP contribution in [0.15, 0.2) is 12.3 Å². The number of pyridine rings is 1. The first-order valence-electron chi connectivity index (χ1n) is 7.40. The first-order chi connectivity index (χ1) is 9.74. The molecular formula is C15H22N2O3. The van der Waals surface area contributed by atoms with E-state index in [0.717, 1.165) is 25.2 Å². The van der Waals surface area contributed by atoms with Gasteiger partial charge in [-0.25, -0.2) is 4.98 Å². The van der Waals surface area contributed by atoms with Crippen LogP contribution in [0.4, 0.5) is 0 Å². The molecule has 1 aromatic rings. The van der Waals surface area contributed by atoms with Crippen LogP contribution >= 0.6 is 0 Å². The van der Waals surface area contributed by atoms with Crippen LogP contribution in [0, 0.1) is 5.92 Å². The molecule has 1 aromatic heterocycles. The molecule has 0 aliphatic carbocycles. The van der Waals surface area contributed by atoms with Crippen molar-refractivity contribution < 1.29 is 14.6 Å². The molecule has 0 spiro atoms. The van der Waals surface area contributed by atoms with E-state index in [2.05, 4.69) is 16.8 Å². The number of likely N-dealkylation sites (tertiary alicyclic amines) is 1. The van der Waals surface area contributed by atoms with Gasteiger partial charge in [-0.05, 0) is 37.9 Å². The Balaban J connectivity index is 1.67. The molecule has 0 unspecified atom stereocenters. The van der Waals surface area contributed by atoms with Gasteiger partial charge in [0, 0.05) is 18.3 Å². The van der Waals surface area contributed by atoms with Crippen molar-refractivity contribution in [2.45, 2.75) is 25.9 Å². The Morgan fingerprint density at radius 1 is 1.30 bits per heavy atom. The van der Waals surface area contributed by atoms with Crippen LogP contribution in [0.1, 0.15) is 31.4 Å². The number of hydrogen-bond donors (Lipinski definition) is 1. The lowest BCUT2D eigenvalue weighted by Crippen LogP contribution is -2.28. The van der Waals surface area contributed by atoms with Gasteiger partial charge in [0.05, 0.1) is 6.10 Å². The fourth-order valence-corrected chi connectivity index (χ4v) is 2.91. The Morgan fingerprint density at radius 3 is 2.85 bits per heavy atom. The summed E-state index contributed by atoms with van der Waals surface area (Å²) in [7, 11) is 0. The summed E-state index contributed by atoms with van der Waals surface area (Å²) in [6.07, 6.45) is 3.72. The highest BCUT2D eigenvalue weighted by molar-refractivity contribution is 5.38. The number of fused-ring (bicyclic) bond motifs is 1. The maximum Gasteiger partial charge on any atom is 0.257 e. The zero-order chi connectivity index (χ0) is 13.9. The van der Waals surface area contributed by atoms with E-state index in [1.807, 2.05) is 6.07 Å². The Bertz CT molecular complexity index is 460. The fraction of sp³-hybridized carbons (Fsp3) is 0.667. The normalized spacial score (nSPS) is 21.7. The zero-order valence-electron chi connectivity index (χ0n) is 11.9. The summed E-state index contributed by atoms with van der Waals surface area (Å²) in [6, 6.07) is 1.85. The van der Waals surface area contributed by atoms with Crippen LogP contribution < -0.4 is 9.47 Å². The van der Waals surface area contributed by atoms with E-state index in [0.29, 0.717) is 24.8 Å². The van der Waals surface area contributed by atoms with Crippen molar-refractivity contribution in [1.82, 2.24) is 9.88 Å². The van der Waals surface area contributed by atoms with Crippen molar-refractivity contribution >= 4 is 0 Å². The van der Waals surface area contributed by atoms with Crippen LogP contribution in [0.5, 0.6) is 11.6 Å². The number of aromatic nitrogens is 1. The molecule has 5 nitrogen and oxygen atoms in total. The maximum absolute atomic E-state index is 10.5. The van der Waals surface area contributed by atoms with E-state index >= 15 is 0 Å². The number of rotatable bonds is 4. The van der Waals surface area contributed by atoms with Crippen LogP contribution in [-0.2, 0) is 0 Å². The molecule has 2 aliphatic heterocycles. The second kappa shape index (κ2) is 5.97. The van der Waals surface area contributed by atoms with Crippen molar-refractivity contribution in [1.29, 1.82) is 0 Å². The van der Waals surface area contributed by atoms with Crippen LogP contribution in [0.3, 0.4) is 0 Å². The van der Waals surface area contributed by atoms with Gasteiger partial charge in [0.25, 0.3) is 5.88 Å². The molecule has 3 heterocycles. The Hall–Kier alpha value is -1.33. The van der Waals surface area contributed by atoms with Gasteiger partial charge in [0.1, 0.15) is 13.2 Å². The van der Waals surface area contributed by atoms with Gasteiger partial charge in [-0.2, -0.15) is 0 Å². The van der Waals surface area contributed by atoms with Gasteiger partial charge in [0.15, 0.2) is 5.75 Å². The summed E-state index contributed by atoms with van der Waals surface area (Å²) in [5.41, 5.74) is 0.806. The minimum atomic E-state index is -0.515. The molecule has 2 aliphatic rings. The number of aliphatic hydroxyl groups is 1. The summed E-state index contributed by atoms with van der Waals surface area (Å²) in [6.45, 7) is 6.38. The smallest absolute Gasteiger partial charge is 0.257 e. The van der Waals surface area contributed by atoms with Crippen LogP contribution in [0.25, 0.3) is 0 Å². The summed E-state index contributed by atoms with van der Waals surface area (Å²) >= 11 is 0. The minimum absolute atomic E-state index is 0.178. The lowest BCUT2D eigenvalue weighted by molar-refractivity contribution is 0.0930. The fourth-order valence-electron chi connectivity index (χ4n) is 2.91. The lowest BCUT2D eigenvalue weighted by atomic mass is 9.98. The van der Waals surface area contributed by atoms with Crippen molar-refractivity contribution in [2.75, 3.05) is 32.8 Å². The van der Waals surface area contributed by atoms with Crippen molar-refractivity contribution in [2.24, 2.45) is 5.92 Å². The molecule has 1 saturated heterocycles. The summed E-state index contributed by atoms with van der Waals surface area (Å²) in [5.74, 6) is 1.35. The van der Waals surface area contributed by atoms with E-state index < -0.39 is 6.10 Å². The molecular weight excluding hydrogens is 256 g/mol. The molecule has 20 heavy (non-hydrogen) atoms. The summed E-state index contributed by atoms with van der Waals surface area (Å²) in [5, 5.41) is 10.5. The van der Waals surface area contributed by atoms with E-state index in [9.17, 15) is 5.11 Å². The molecule has 5 heteroatoms. The molecule has 110 valence electrons. The summed E-state index contributed by atoms with van der Waals surface area (Å²) < 4.78 is 10.9. The van der Waals surface area contributed by atoms with Crippen LogP contribution in [-0.4, -0.2) is 47.8 Å². The van der Waals surface area contributed by atoms with Crippen molar-refractivity contribution in [3.05, 3.63) is 17.8 Å². The molecule has 0 radical (unpaired) electrons. The van der Waals surface area contributed by atoms with E-state index in [1.54, 1.807) is 6.20 Å². The van der Waals surface area contributed by atoms with Crippen molar-refractivity contribution in [3.63, 3.8) is 0 Å². The Kier molecular flexibility index (Phi) is 4.08. The molecule has 1 N–H and O–H groups in total. The highest BCUT2D eigenvalue weighted by Gasteiger charge is 2.23. The third kappa shape index (κ3) is 2.88. The molecule has 0 saturated carbocycles. The van der Waals surface area contributed by atoms with E-state index in [1.165, 1.54) is 12.8 Å². The van der Waals surface area contributed by atoms with Gasteiger partial charge in [-0.15, -0.1) is 0 Å². The van der Waals surface area contributed by atoms with Gasteiger partial charge < -0.3 is 19.5 Å². The van der Waals surface area contributed by atoms with Crippen LogP contribution in [0.2, 0.25) is 0 Å². The Labute approximate surface area is 119 Å². The number of ether oxygens (including phenoxy) is 2. The van der Waals surface area contributed by atoms with E-state index in [4.69, 9.17) is 9.47 Å². The average Bonchev–Trinajstić information content (AvgIpc) is 2.99. The third-order valence-electron chi connectivity index (χ3n) is 4.04. The number of hydrogen-bond acceptors (Lipinski definition) is 5. The highest BCUT2D eigenvalue weighted by Crippen LogP contribution is 2.32. The summed E-state index contributed by atoms with van der Waals surface area (Å²) in [4.78, 5) is 6.65.